The molecule has 0 saturated heterocycles. The average Bonchev–Trinajstić information content (AvgIpc) is 2.59. The van der Waals surface area contributed by atoms with Crippen molar-refractivity contribution in [2.45, 2.75) is 45.4 Å². The van der Waals surface area contributed by atoms with E-state index in [1.54, 1.807) is 0 Å². The molecular weight excluding hydrogens is 308 g/mol. The molecule has 1 aliphatic carbocycles. The van der Waals surface area contributed by atoms with Gasteiger partial charge in [0.25, 0.3) is 0 Å². The minimum absolute atomic E-state index is 0.0225. The van der Waals surface area contributed by atoms with Crippen molar-refractivity contribution in [1.82, 2.24) is 4.98 Å². The van der Waals surface area contributed by atoms with Crippen molar-refractivity contribution < 1.29 is 4.79 Å². The van der Waals surface area contributed by atoms with Crippen LogP contribution in [0, 0.1) is 5.41 Å². The van der Waals surface area contributed by atoms with Gasteiger partial charge < -0.3 is 5.32 Å². The molecule has 0 unspecified atom stereocenters. The molecule has 1 aromatic carbocycles. The lowest BCUT2D eigenvalue weighted by Crippen LogP contribution is -2.43. The second kappa shape index (κ2) is 5.55. The van der Waals surface area contributed by atoms with Crippen LogP contribution < -0.4 is 5.32 Å². The van der Waals surface area contributed by atoms with Crippen LogP contribution in [0.1, 0.15) is 51.2 Å². The lowest BCUT2D eigenvalue weighted by atomic mass is 9.60. The first-order chi connectivity index (χ1) is 12.0. The van der Waals surface area contributed by atoms with Crippen LogP contribution in [0.5, 0.6) is 0 Å². The zero-order valence-electron chi connectivity index (χ0n) is 15.1. The van der Waals surface area contributed by atoms with Crippen molar-refractivity contribution in [2.24, 2.45) is 5.41 Å². The SMILES string of the molecule is CC[C@@]1(c2ccccc2)C2=C(CC(C)(C)CC2=O)Nc2ncccc21. The lowest BCUT2D eigenvalue weighted by molar-refractivity contribution is -0.118. The highest BCUT2D eigenvalue weighted by atomic mass is 16.1. The van der Waals surface area contributed by atoms with E-state index in [4.69, 9.17) is 0 Å². The predicted octanol–water partition coefficient (Wildman–Crippen LogP) is 4.85. The topological polar surface area (TPSA) is 42.0 Å². The molecule has 128 valence electrons. The third-order valence-electron chi connectivity index (χ3n) is 5.64. The summed E-state index contributed by atoms with van der Waals surface area (Å²) in [6.45, 7) is 6.51. The van der Waals surface area contributed by atoms with Gasteiger partial charge in [0.2, 0.25) is 0 Å². The number of fused-ring (bicyclic) bond motifs is 1. The number of nitrogens with zero attached hydrogens (tertiary/aromatic N) is 1. The van der Waals surface area contributed by atoms with Gasteiger partial charge in [0, 0.05) is 29.5 Å². The number of hydrogen-bond donors (Lipinski definition) is 1. The van der Waals surface area contributed by atoms with Crippen molar-refractivity contribution >= 4 is 11.6 Å². The van der Waals surface area contributed by atoms with Gasteiger partial charge in [-0.25, -0.2) is 4.98 Å². The quantitative estimate of drug-likeness (QED) is 0.855. The Morgan fingerprint density at radius 1 is 1.08 bits per heavy atom. The number of ketones is 1. The maximum absolute atomic E-state index is 13.3. The number of benzene rings is 1. The molecule has 1 atom stereocenters. The Hall–Kier alpha value is -2.42. The molecule has 2 aromatic rings. The molecule has 0 fully saturated rings. The molecule has 3 heteroatoms. The largest absolute Gasteiger partial charge is 0.343 e. The van der Waals surface area contributed by atoms with Crippen molar-refractivity contribution in [3.63, 3.8) is 0 Å². The van der Waals surface area contributed by atoms with Crippen LogP contribution in [0.15, 0.2) is 59.9 Å². The summed E-state index contributed by atoms with van der Waals surface area (Å²) in [5.74, 6) is 1.15. The van der Waals surface area contributed by atoms with Gasteiger partial charge in [-0.3, -0.25) is 4.79 Å². The van der Waals surface area contributed by atoms with Gasteiger partial charge in [0.1, 0.15) is 5.82 Å². The third kappa shape index (κ3) is 2.33. The van der Waals surface area contributed by atoms with E-state index in [2.05, 4.69) is 61.4 Å². The summed E-state index contributed by atoms with van der Waals surface area (Å²) < 4.78 is 0. The van der Waals surface area contributed by atoms with Crippen LogP contribution in [0.2, 0.25) is 0 Å². The Morgan fingerprint density at radius 3 is 2.56 bits per heavy atom. The number of nitrogens with one attached hydrogen (secondary N) is 1. The molecule has 3 nitrogen and oxygen atoms in total. The van der Waals surface area contributed by atoms with E-state index in [0.29, 0.717) is 6.42 Å². The lowest BCUT2D eigenvalue weighted by Gasteiger charge is -2.46. The standard InChI is InChI=1S/C22H24N2O/c1-4-22(15-9-6-5-7-10-15)16-11-8-12-23-20(16)24-17-13-21(2,3)14-18(25)19(17)22/h5-12H,4,13-14H2,1-3H3,(H,23,24)/t22-/m0/s1. The van der Waals surface area contributed by atoms with Crippen LogP contribution in [-0.4, -0.2) is 10.8 Å². The fourth-order valence-corrected chi connectivity index (χ4v) is 4.64. The van der Waals surface area contributed by atoms with Crippen molar-refractivity contribution in [2.75, 3.05) is 5.32 Å². The minimum Gasteiger partial charge on any atom is -0.343 e. The first-order valence-corrected chi connectivity index (χ1v) is 9.03. The van der Waals surface area contributed by atoms with Crippen LogP contribution in [0.25, 0.3) is 0 Å². The Labute approximate surface area is 149 Å². The fourth-order valence-electron chi connectivity index (χ4n) is 4.64. The second-order valence-corrected chi connectivity index (χ2v) is 7.94. The first-order valence-electron chi connectivity index (χ1n) is 9.03. The van der Waals surface area contributed by atoms with E-state index < -0.39 is 5.41 Å². The predicted molar refractivity (Wildman–Crippen MR) is 100 cm³/mol. The molecule has 0 radical (unpaired) electrons. The molecule has 1 aliphatic heterocycles. The molecule has 2 heterocycles. The van der Waals surface area contributed by atoms with Crippen LogP contribution in [-0.2, 0) is 10.2 Å². The zero-order chi connectivity index (χ0) is 17.7. The van der Waals surface area contributed by atoms with Crippen molar-refractivity contribution in [1.29, 1.82) is 0 Å². The molecule has 25 heavy (non-hydrogen) atoms. The van der Waals surface area contributed by atoms with E-state index in [0.717, 1.165) is 35.5 Å². The number of carbonyl (C=O) groups is 1. The number of hydrogen-bond acceptors (Lipinski definition) is 3. The summed E-state index contributed by atoms with van der Waals surface area (Å²) >= 11 is 0. The summed E-state index contributed by atoms with van der Waals surface area (Å²) in [7, 11) is 0. The number of pyridine rings is 1. The maximum Gasteiger partial charge on any atom is 0.162 e. The monoisotopic (exact) mass is 332 g/mol. The molecule has 0 bridgehead atoms. The van der Waals surface area contributed by atoms with E-state index in [1.807, 2.05) is 18.3 Å². The van der Waals surface area contributed by atoms with Crippen LogP contribution in [0.3, 0.4) is 0 Å². The van der Waals surface area contributed by atoms with Crippen molar-refractivity contribution in [3.8, 4) is 0 Å². The summed E-state index contributed by atoms with van der Waals surface area (Å²) in [5.41, 5.74) is 3.84. The number of allylic oxidation sites excluding steroid dienone is 2. The Bertz CT molecular complexity index is 867. The molecule has 0 saturated carbocycles. The van der Waals surface area contributed by atoms with Gasteiger partial charge in [-0.1, -0.05) is 57.2 Å². The highest BCUT2D eigenvalue weighted by molar-refractivity contribution is 6.02. The van der Waals surface area contributed by atoms with Gasteiger partial charge in [-0.15, -0.1) is 0 Å². The van der Waals surface area contributed by atoms with Gasteiger partial charge in [0.05, 0.1) is 5.41 Å². The normalized spacial score (nSPS) is 24.4. The summed E-state index contributed by atoms with van der Waals surface area (Å²) in [6, 6.07) is 14.5. The van der Waals surface area contributed by atoms with E-state index in [9.17, 15) is 4.79 Å². The average molecular weight is 332 g/mol. The molecular formula is C22H24N2O. The number of anilines is 1. The Morgan fingerprint density at radius 2 is 1.84 bits per heavy atom. The van der Waals surface area contributed by atoms with E-state index in [-0.39, 0.29) is 11.2 Å². The van der Waals surface area contributed by atoms with Gasteiger partial charge in [0.15, 0.2) is 5.78 Å². The number of carbonyl (C=O) groups excluding carboxylic acids is 1. The fraction of sp³-hybridized carbons (Fsp3) is 0.364. The number of rotatable bonds is 2. The first kappa shape index (κ1) is 16.1. The molecule has 4 rings (SSSR count). The summed E-state index contributed by atoms with van der Waals surface area (Å²) in [5, 5.41) is 3.49. The van der Waals surface area contributed by atoms with Crippen LogP contribution >= 0.6 is 0 Å². The Balaban J connectivity index is 2.05. The van der Waals surface area contributed by atoms with Crippen LogP contribution in [0.4, 0.5) is 5.82 Å². The molecule has 2 aliphatic rings. The molecule has 1 N–H and O–H groups in total. The van der Waals surface area contributed by atoms with Gasteiger partial charge in [-0.2, -0.15) is 0 Å². The summed E-state index contributed by atoms with van der Waals surface area (Å²) in [4.78, 5) is 17.9. The Kier molecular flexibility index (Phi) is 3.57. The smallest absolute Gasteiger partial charge is 0.162 e. The number of aromatic nitrogens is 1. The van der Waals surface area contributed by atoms with E-state index >= 15 is 0 Å². The zero-order valence-corrected chi connectivity index (χ0v) is 15.1. The molecule has 0 amide bonds. The minimum atomic E-state index is -0.418. The summed E-state index contributed by atoms with van der Waals surface area (Å²) in [6.07, 6.45) is 4.12. The highest BCUT2D eigenvalue weighted by Crippen LogP contribution is 2.53. The second-order valence-electron chi connectivity index (χ2n) is 7.94. The van der Waals surface area contributed by atoms with Crippen molar-refractivity contribution in [3.05, 3.63) is 71.1 Å². The number of Topliss-reactive ketones (excluding diaryl/α,β-unsaturated/α-hetero) is 1. The van der Waals surface area contributed by atoms with Gasteiger partial charge in [-0.05, 0) is 29.9 Å². The molecule has 1 aromatic heterocycles. The molecule has 0 spiro atoms. The maximum atomic E-state index is 13.3. The van der Waals surface area contributed by atoms with Gasteiger partial charge >= 0.3 is 0 Å². The van der Waals surface area contributed by atoms with E-state index in [1.165, 1.54) is 5.56 Å². The highest BCUT2D eigenvalue weighted by Gasteiger charge is 2.49. The third-order valence-corrected chi connectivity index (χ3v) is 5.64.